The number of hydrogen-bond donors (Lipinski definition) is 1. The number of rotatable bonds is 4. The lowest BCUT2D eigenvalue weighted by atomic mass is 10.0. The second kappa shape index (κ2) is 7.56. The Morgan fingerprint density at radius 1 is 1.00 bits per heavy atom. The van der Waals surface area contributed by atoms with Gasteiger partial charge in [0.25, 0.3) is 5.91 Å². The van der Waals surface area contributed by atoms with Crippen molar-refractivity contribution in [3.63, 3.8) is 0 Å². The highest BCUT2D eigenvalue weighted by Crippen LogP contribution is 2.33. The Morgan fingerprint density at radius 2 is 1.79 bits per heavy atom. The first-order valence-corrected chi connectivity index (χ1v) is 9.29. The minimum absolute atomic E-state index is 0.106. The van der Waals surface area contributed by atoms with E-state index in [9.17, 15) is 13.6 Å². The number of halogens is 3. The third-order valence-corrected chi connectivity index (χ3v) is 4.86. The van der Waals surface area contributed by atoms with Gasteiger partial charge in [-0.3, -0.25) is 4.79 Å². The van der Waals surface area contributed by atoms with Crippen molar-refractivity contribution in [3.8, 4) is 5.75 Å². The number of ether oxygens (including phenoxy) is 1. The average Bonchev–Trinajstić information content (AvgIpc) is 2.97. The molecular weight excluding hydrogens is 428 g/mol. The van der Waals surface area contributed by atoms with Crippen molar-refractivity contribution in [2.45, 2.75) is 6.61 Å². The highest BCUT2D eigenvalue weighted by atomic mass is 79.9. The molecule has 1 heterocycles. The number of carbonyl (C=O) groups is 1. The quantitative estimate of drug-likeness (QED) is 0.519. The van der Waals surface area contributed by atoms with E-state index in [1.165, 1.54) is 18.2 Å². The Bertz CT molecular complexity index is 1090. The molecule has 28 heavy (non-hydrogen) atoms. The summed E-state index contributed by atoms with van der Waals surface area (Å²) < 4.78 is 33.7. The number of carbonyl (C=O) groups excluding carboxylic acids is 1. The number of anilines is 1. The van der Waals surface area contributed by atoms with Crippen LogP contribution in [0.25, 0.3) is 11.6 Å². The van der Waals surface area contributed by atoms with Crippen molar-refractivity contribution in [1.82, 2.24) is 0 Å². The van der Waals surface area contributed by atoms with E-state index in [1.807, 2.05) is 0 Å². The molecule has 3 aromatic carbocycles. The Balaban J connectivity index is 1.50. The Labute approximate surface area is 168 Å². The zero-order valence-corrected chi connectivity index (χ0v) is 16.1. The lowest BCUT2D eigenvalue weighted by Gasteiger charge is -2.08. The maximum Gasteiger partial charge on any atom is 0.256 e. The van der Waals surface area contributed by atoms with Gasteiger partial charge in [0.15, 0.2) is 0 Å². The molecule has 1 N–H and O–H groups in total. The molecule has 0 aromatic heterocycles. The predicted molar refractivity (Wildman–Crippen MR) is 108 cm³/mol. The normalized spacial score (nSPS) is 14.1. The zero-order chi connectivity index (χ0) is 19.7. The summed E-state index contributed by atoms with van der Waals surface area (Å²) in [5.74, 6) is -0.433. The third kappa shape index (κ3) is 3.82. The highest BCUT2D eigenvalue weighted by molar-refractivity contribution is 9.10. The number of hydrogen-bond acceptors (Lipinski definition) is 2. The second-order valence-corrected chi connectivity index (χ2v) is 7.21. The molecule has 0 fully saturated rings. The molecule has 1 aliphatic heterocycles. The van der Waals surface area contributed by atoms with Crippen LogP contribution in [0.15, 0.2) is 65.1 Å². The number of nitrogens with one attached hydrogen (secondary N) is 1. The van der Waals surface area contributed by atoms with Crippen LogP contribution in [0, 0.1) is 11.6 Å². The summed E-state index contributed by atoms with van der Waals surface area (Å²) in [4.78, 5) is 12.2. The minimum Gasteiger partial charge on any atom is -0.489 e. The van der Waals surface area contributed by atoms with E-state index in [0.29, 0.717) is 32.6 Å². The van der Waals surface area contributed by atoms with Crippen LogP contribution in [0.5, 0.6) is 5.75 Å². The van der Waals surface area contributed by atoms with E-state index < -0.39 is 5.82 Å². The molecule has 0 unspecified atom stereocenters. The Hall–Kier alpha value is -2.99. The molecule has 0 atom stereocenters. The van der Waals surface area contributed by atoms with E-state index in [0.717, 1.165) is 5.56 Å². The summed E-state index contributed by atoms with van der Waals surface area (Å²) in [5, 5.41) is 2.72. The summed E-state index contributed by atoms with van der Waals surface area (Å²) in [6, 6.07) is 16.0. The van der Waals surface area contributed by atoms with Crippen LogP contribution in [0.1, 0.15) is 16.7 Å². The smallest absolute Gasteiger partial charge is 0.256 e. The molecule has 0 radical (unpaired) electrons. The number of amides is 1. The lowest BCUT2D eigenvalue weighted by molar-refractivity contribution is -0.110. The van der Waals surface area contributed by atoms with E-state index in [1.54, 1.807) is 48.5 Å². The van der Waals surface area contributed by atoms with Gasteiger partial charge in [-0.25, -0.2) is 8.78 Å². The van der Waals surface area contributed by atoms with Gasteiger partial charge in [-0.1, -0.05) is 34.1 Å². The average molecular weight is 442 g/mol. The monoisotopic (exact) mass is 441 g/mol. The van der Waals surface area contributed by atoms with Crippen molar-refractivity contribution in [3.05, 3.63) is 93.5 Å². The Kier molecular flexibility index (Phi) is 4.96. The molecule has 4 rings (SSSR count). The van der Waals surface area contributed by atoms with Gasteiger partial charge in [-0.15, -0.1) is 0 Å². The molecule has 3 nitrogen and oxygen atoms in total. The predicted octanol–water partition coefficient (Wildman–Crippen LogP) is 5.80. The third-order valence-electron chi connectivity index (χ3n) is 4.37. The fraction of sp³-hybridized carbons (Fsp3) is 0.0455. The van der Waals surface area contributed by atoms with E-state index in [-0.39, 0.29) is 18.3 Å². The fourth-order valence-electron chi connectivity index (χ4n) is 2.93. The summed E-state index contributed by atoms with van der Waals surface area (Å²) in [7, 11) is 0. The van der Waals surface area contributed by atoms with E-state index >= 15 is 0 Å². The Morgan fingerprint density at radius 3 is 2.54 bits per heavy atom. The van der Waals surface area contributed by atoms with Crippen molar-refractivity contribution in [2.75, 3.05) is 5.32 Å². The molecule has 0 saturated heterocycles. The maximum atomic E-state index is 13.8. The van der Waals surface area contributed by atoms with Crippen LogP contribution in [0.2, 0.25) is 0 Å². The lowest BCUT2D eigenvalue weighted by Crippen LogP contribution is -2.03. The molecule has 1 aliphatic rings. The number of fused-ring (bicyclic) bond motifs is 1. The van der Waals surface area contributed by atoms with Crippen molar-refractivity contribution < 1.29 is 18.3 Å². The van der Waals surface area contributed by atoms with E-state index in [2.05, 4.69) is 21.2 Å². The van der Waals surface area contributed by atoms with Gasteiger partial charge in [-0.05, 0) is 54.1 Å². The minimum atomic E-state index is -0.398. The summed E-state index contributed by atoms with van der Waals surface area (Å²) in [6.07, 6.45) is 1.69. The molecule has 140 valence electrons. The highest BCUT2D eigenvalue weighted by Gasteiger charge is 2.24. The molecule has 6 heteroatoms. The van der Waals surface area contributed by atoms with Gasteiger partial charge in [-0.2, -0.15) is 0 Å². The summed E-state index contributed by atoms with van der Waals surface area (Å²) in [6.45, 7) is 0.106. The SMILES string of the molecule is O=C1Nc2ccc(F)cc2/C1=C/c1ccc(OCc2ccc(Br)cc2F)cc1. The van der Waals surface area contributed by atoms with Crippen LogP contribution in [-0.2, 0) is 11.4 Å². The fourth-order valence-corrected chi connectivity index (χ4v) is 3.26. The van der Waals surface area contributed by atoms with Crippen LogP contribution >= 0.6 is 15.9 Å². The molecule has 1 amide bonds. The second-order valence-electron chi connectivity index (χ2n) is 6.30. The molecule has 0 saturated carbocycles. The topological polar surface area (TPSA) is 38.3 Å². The first-order valence-electron chi connectivity index (χ1n) is 8.49. The summed E-state index contributed by atoms with van der Waals surface area (Å²) >= 11 is 3.22. The van der Waals surface area contributed by atoms with Crippen LogP contribution in [0.4, 0.5) is 14.5 Å². The van der Waals surface area contributed by atoms with Crippen molar-refractivity contribution in [1.29, 1.82) is 0 Å². The summed E-state index contributed by atoms with van der Waals surface area (Å²) in [5.41, 5.74) is 2.75. The largest absolute Gasteiger partial charge is 0.489 e. The van der Waals surface area contributed by atoms with Gasteiger partial charge in [0.2, 0.25) is 0 Å². The van der Waals surface area contributed by atoms with Gasteiger partial charge in [0, 0.05) is 26.9 Å². The van der Waals surface area contributed by atoms with Crippen LogP contribution in [0.3, 0.4) is 0 Å². The zero-order valence-electron chi connectivity index (χ0n) is 14.5. The van der Waals surface area contributed by atoms with Crippen molar-refractivity contribution >= 4 is 39.2 Å². The first kappa shape index (κ1) is 18.4. The van der Waals surface area contributed by atoms with Gasteiger partial charge >= 0.3 is 0 Å². The molecular formula is C22H14BrF2NO2. The van der Waals surface area contributed by atoms with Crippen molar-refractivity contribution in [2.24, 2.45) is 0 Å². The standard InChI is InChI=1S/C22H14BrF2NO2/c23-15-4-3-14(20(25)10-15)12-28-17-6-1-13(2-7-17)9-19-18-11-16(24)5-8-21(18)26-22(19)27/h1-11H,12H2,(H,26,27)/b19-9-. The molecule has 0 aliphatic carbocycles. The molecule has 3 aromatic rings. The van der Waals surface area contributed by atoms with Gasteiger partial charge in [0.1, 0.15) is 24.0 Å². The van der Waals surface area contributed by atoms with Gasteiger partial charge < -0.3 is 10.1 Å². The van der Waals surface area contributed by atoms with Crippen LogP contribution < -0.4 is 10.1 Å². The first-order chi connectivity index (χ1) is 13.5. The van der Waals surface area contributed by atoms with E-state index in [4.69, 9.17) is 4.74 Å². The molecule has 0 bridgehead atoms. The molecule has 0 spiro atoms. The maximum absolute atomic E-state index is 13.8. The van der Waals surface area contributed by atoms with Gasteiger partial charge in [0.05, 0.1) is 0 Å². The number of benzene rings is 3. The van der Waals surface area contributed by atoms with Crippen LogP contribution in [-0.4, -0.2) is 5.91 Å².